The van der Waals surface area contributed by atoms with Gasteiger partial charge in [-0.05, 0) is 13.1 Å². The maximum absolute atomic E-state index is 12.2. The van der Waals surface area contributed by atoms with Gasteiger partial charge in [0.1, 0.15) is 28.8 Å². The summed E-state index contributed by atoms with van der Waals surface area (Å²) in [5.74, 6) is 0.351. The highest BCUT2D eigenvalue weighted by molar-refractivity contribution is 7.89. The van der Waals surface area contributed by atoms with E-state index in [2.05, 4.69) is 19.7 Å². The maximum Gasteiger partial charge on any atom is 0.241 e. The predicted molar refractivity (Wildman–Crippen MR) is 89.5 cm³/mol. The Morgan fingerprint density at radius 1 is 1.21 bits per heavy atom. The minimum atomic E-state index is -3.76. The normalized spacial score (nSPS) is 11.8. The van der Waals surface area contributed by atoms with Gasteiger partial charge in [0.2, 0.25) is 10.0 Å². The van der Waals surface area contributed by atoms with Crippen LogP contribution in [-0.2, 0) is 10.0 Å². The number of benzene rings is 1. The standard InChI is InChI=1S/C13H11Cl2N5O3S/c1-16-24(21,22)10-4-8(9(23-2)3-7(10)14)20-6-19-11-12(15)17-5-18-13(11)20/h3-6,16H,1-2H3. The average molecular weight is 388 g/mol. The van der Waals surface area contributed by atoms with Crippen molar-refractivity contribution >= 4 is 44.4 Å². The van der Waals surface area contributed by atoms with Crippen LogP contribution in [0.15, 0.2) is 29.7 Å². The quantitative estimate of drug-likeness (QED) is 0.687. The zero-order valence-corrected chi connectivity index (χ0v) is 14.8. The molecule has 1 aromatic carbocycles. The number of aromatic nitrogens is 4. The first-order valence-electron chi connectivity index (χ1n) is 6.54. The molecular weight excluding hydrogens is 377 g/mol. The fourth-order valence-corrected chi connectivity index (χ4v) is 3.61. The molecule has 11 heteroatoms. The SMILES string of the molecule is CNS(=O)(=O)c1cc(-n2cnc3c(Cl)ncnc32)c(OC)cc1Cl. The summed E-state index contributed by atoms with van der Waals surface area (Å²) < 4.78 is 33.4. The molecule has 0 saturated heterocycles. The van der Waals surface area contributed by atoms with E-state index >= 15 is 0 Å². The summed E-state index contributed by atoms with van der Waals surface area (Å²) in [5.41, 5.74) is 1.19. The Bertz CT molecular complexity index is 1040. The lowest BCUT2D eigenvalue weighted by Crippen LogP contribution is -2.19. The molecule has 0 amide bonds. The zero-order valence-electron chi connectivity index (χ0n) is 12.5. The molecule has 2 aromatic heterocycles. The Balaban J connectivity index is 2.34. The maximum atomic E-state index is 12.2. The van der Waals surface area contributed by atoms with Gasteiger partial charge in [-0.1, -0.05) is 23.2 Å². The monoisotopic (exact) mass is 387 g/mol. The van der Waals surface area contributed by atoms with E-state index in [1.165, 1.54) is 38.9 Å². The van der Waals surface area contributed by atoms with Crippen LogP contribution in [0.5, 0.6) is 5.75 Å². The van der Waals surface area contributed by atoms with Crippen molar-refractivity contribution < 1.29 is 13.2 Å². The Morgan fingerprint density at radius 3 is 2.62 bits per heavy atom. The van der Waals surface area contributed by atoms with Crippen LogP contribution in [0.2, 0.25) is 10.2 Å². The number of imidazole rings is 1. The summed E-state index contributed by atoms with van der Waals surface area (Å²) in [6.07, 6.45) is 2.74. The Hall–Kier alpha value is -1.94. The van der Waals surface area contributed by atoms with E-state index < -0.39 is 10.0 Å². The molecule has 0 aliphatic carbocycles. The fraction of sp³-hybridized carbons (Fsp3) is 0.154. The molecule has 0 saturated carbocycles. The molecule has 2 heterocycles. The van der Waals surface area contributed by atoms with Gasteiger partial charge in [-0.25, -0.2) is 28.1 Å². The molecule has 0 aliphatic heterocycles. The first-order chi connectivity index (χ1) is 11.4. The summed E-state index contributed by atoms with van der Waals surface area (Å²) in [5, 5.41) is 0.219. The van der Waals surface area contributed by atoms with Gasteiger partial charge < -0.3 is 4.74 Å². The summed E-state index contributed by atoms with van der Waals surface area (Å²) >= 11 is 12.1. The molecule has 0 radical (unpaired) electrons. The Labute approximate surface area is 147 Å². The number of methoxy groups -OCH3 is 1. The second kappa shape index (κ2) is 6.17. The number of rotatable bonds is 4. The van der Waals surface area contributed by atoms with Crippen LogP contribution in [0.25, 0.3) is 16.9 Å². The highest BCUT2D eigenvalue weighted by Crippen LogP contribution is 2.34. The molecule has 3 aromatic rings. The van der Waals surface area contributed by atoms with Crippen molar-refractivity contribution in [2.24, 2.45) is 0 Å². The molecule has 8 nitrogen and oxygen atoms in total. The molecule has 1 N–H and O–H groups in total. The van der Waals surface area contributed by atoms with Crippen molar-refractivity contribution in [2.75, 3.05) is 14.2 Å². The lowest BCUT2D eigenvalue weighted by atomic mass is 10.3. The van der Waals surface area contributed by atoms with E-state index in [1.54, 1.807) is 4.57 Å². The summed E-state index contributed by atoms with van der Waals surface area (Å²) in [4.78, 5) is 12.1. The molecule has 24 heavy (non-hydrogen) atoms. The van der Waals surface area contributed by atoms with Crippen LogP contribution in [0.3, 0.4) is 0 Å². The van der Waals surface area contributed by atoms with Gasteiger partial charge in [0.25, 0.3) is 0 Å². The molecule has 0 aliphatic rings. The smallest absolute Gasteiger partial charge is 0.241 e. The number of halogens is 2. The van der Waals surface area contributed by atoms with Crippen LogP contribution in [-0.4, -0.2) is 42.1 Å². The van der Waals surface area contributed by atoms with Crippen LogP contribution in [0.1, 0.15) is 0 Å². The van der Waals surface area contributed by atoms with E-state index in [0.29, 0.717) is 22.6 Å². The van der Waals surface area contributed by atoms with Gasteiger partial charge in [-0.15, -0.1) is 0 Å². The number of fused-ring (bicyclic) bond motifs is 1. The Morgan fingerprint density at radius 2 is 1.96 bits per heavy atom. The predicted octanol–water partition coefficient (Wildman–Crippen LogP) is 2.04. The van der Waals surface area contributed by atoms with Gasteiger partial charge in [0.05, 0.1) is 17.8 Å². The van der Waals surface area contributed by atoms with Gasteiger partial charge in [0.15, 0.2) is 10.8 Å². The molecule has 126 valence electrons. The highest BCUT2D eigenvalue weighted by atomic mass is 35.5. The second-order valence-corrected chi connectivity index (χ2v) is 7.23. The third-order valence-electron chi connectivity index (χ3n) is 3.34. The lowest BCUT2D eigenvalue weighted by molar-refractivity contribution is 0.412. The molecule has 0 atom stereocenters. The largest absolute Gasteiger partial charge is 0.495 e. The molecule has 3 rings (SSSR count). The van der Waals surface area contributed by atoms with Crippen LogP contribution in [0.4, 0.5) is 0 Å². The highest BCUT2D eigenvalue weighted by Gasteiger charge is 2.21. The molecule has 0 fully saturated rings. The van der Waals surface area contributed by atoms with Gasteiger partial charge in [-0.3, -0.25) is 4.57 Å². The molecular formula is C13H11Cl2N5O3S. The van der Waals surface area contributed by atoms with Crippen LogP contribution < -0.4 is 9.46 Å². The Kier molecular flexibility index (Phi) is 4.35. The van der Waals surface area contributed by atoms with Gasteiger partial charge in [0, 0.05) is 6.07 Å². The average Bonchev–Trinajstić information content (AvgIpc) is 2.99. The topological polar surface area (TPSA) is 99.0 Å². The van der Waals surface area contributed by atoms with E-state index in [0.717, 1.165) is 0 Å². The van der Waals surface area contributed by atoms with Crippen molar-refractivity contribution in [3.05, 3.63) is 35.0 Å². The first kappa shape index (κ1) is 16.9. The van der Waals surface area contributed by atoms with E-state index in [9.17, 15) is 8.42 Å². The molecule has 0 unspecified atom stereocenters. The van der Waals surface area contributed by atoms with Gasteiger partial charge in [-0.2, -0.15) is 0 Å². The minimum absolute atomic E-state index is 0.0297. The second-order valence-electron chi connectivity index (χ2n) is 4.61. The van der Waals surface area contributed by atoms with Crippen molar-refractivity contribution in [3.63, 3.8) is 0 Å². The number of nitrogens with one attached hydrogen (secondary N) is 1. The van der Waals surface area contributed by atoms with E-state index in [-0.39, 0.29) is 15.1 Å². The number of hydrogen-bond donors (Lipinski definition) is 1. The number of sulfonamides is 1. The lowest BCUT2D eigenvalue weighted by Gasteiger charge is -2.13. The fourth-order valence-electron chi connectivity index (χ4n) is 2.17. The van der Waals surface area contributed by atoms with Crippen molar-refractivity contribution in [1.29, 1.82) is 0 Å². The molecule has 0 spiro atoms. The van der Waals surface area contributed by atoms with Gasteiger partial charge >= 0.3 is 0 Å². The molecule has 0 bridgehead atoms. The first-order valence-corrected chi connectivity index (χ1v) is 8.78. The van der Waals surface area contributed by atoms with Crippen molar-refractivity contribution in [3.8, 4) is 11.4 Å². The summed E-state index contributed by atoms with van der Waals surface area (Å²) in [6, 6.07) is 2.79. The van der Waals surface area contributed by atoms with Crippen LogP contribution in [0, 0.1) is 0 Å². The summed E-state index contributed by atoms with van der Waals surface area (Å²) in [6.45, 7) is 0. The number of nitrogens with zero attached hydrogens (tertiary/aromatic N) is 4. The minimum Gasteiger partial charge on any atom is -0.495 e. The summed E-state index contributed by atoms with van der Waals surface area (Å²) in [7, 11) is -1.01. The van der Waals surface area contributed by atoms with E-state index in [1.807, 2.05) is 0 Å². The van der Waals surface area contributed by atoms with Crippen molar-refractivity contribution in [1.82, 2.24) is 24.2 Å². The number of hydrogen-bond acceptors (Lipinski definition) is 6. The number of ether oxygens (including phenoxy) is 1. The van der Waals surface area contributed by atoms with E-state index in [4.69, 9.17) is 27.9 Å². The zero-order chi connectivity index (χ0) is 17.5. The van der Waals surface area contributed by atoms with Crippen LogP contribution >= 0.6 is 23.2 Å². The third-order valence-corrected chi connectivity index (χ3v) is 5.50. The third kappa shape index (κ3) is 2.69. The van der Waals surface area contributed by atoms with Crippen molar-refractivity contribution in [2.45, 2.75) is 4.90 Å².